The average molecular weight is 339 g/mol. The molecule has 0 bridgehead atoms. The molecule has 0 unspecified atom stereocenters. The molecule has 0 amide bonds. The maximum Gasteiger partial charge on any atom is 0.336 e. The molecule has 0 aliphatic heterocycles. The van der Waals surface area contributed by atoms with E-state index in [-0.39, 0.29) is 11.1 Å². The highest BCUT2D eigenvalue weighted by Crippen LogP contribution is 2.22. The van der Waals surface area contributed by atoms with Crippen LogP contribution in [-0.2, 0) is 0 Å². The Kier molecular flexibility index (Phi) is 4.49. The third-order valence-electron chi connectivity index (χ3n) is 1.84. The van der Waals surface area contributed by atoms with Gasteiger partial charge in [0.05, 0.1) is 14.8 Å². The zero-order valence-electron chi connectivity index (χ0n) is 8.44. The van der Waals surface area contributed by atoms with Gasteiger partial charge in [-0.3, -0.25) is 0 Å². The number of carbonyl (C=O) groups is 1. The van der Waals surface area contributed by atoms with E-state index in [0.717, 1.165) is 0 Å². The molecule has 1 aromatic rings. The van der Waals surface area contributed by atoms with Crippen molar-refractivity contribution < 1.29 is 9.90 Å². The zero-order valence-corrected chi connectivity index (χ0v) is 10.6. The predicted octanol–water partition coefficient (Wildman–Crippen LogP) is 2.33. The molecule has 0 radical (unpaired) electrons. The highest BCUT2D eigenvalue weighted by Gasteiger charge is 2.10. The van der Waals surface area contributed by atoms with Crippen LogP contribution in [0.25, 0.3) is 0 Å². The lowest BCUT2D eigenvalue weighted by molar-refractivity contribution is 0.0696. The van der Waals surface area contributed by atoms with Crippen LogP contribution in [-0.4, -0.2) is 11.1 Å². The van der Waals surface area contributed by atoms with Gasteiger partial charge in [-0.15, -0.1) is 0 Å². The first-order valence-electron chi connectivity index (χ1n) is 4.39. The van der Waals surface area contributed by atoms with Gasteiger partial charge in [0, 0.05) is 6.20 Å². The molecule has 5 nitrogen and oxygen atoms in total. The smallest absolute Gasteiger partial charge is 0.336 e. The van der Waals surface area contributed by atoms with Crippen molar-refractivity contribution in [3.05, 3.63) is 39.1 Å². The number of anilines is 1. The van der Waals surface area contributed by atoms with Crippen molar-refractivity contribution >= 4 is 34.2 Å². The molecule has 0 saturated heterocycles. The van der Waals surface area contributed by atoms with Gasteiger partial charge >= 0.3 is 5.97 Å². The lowest BCUT2D eigenvalue weighted by atomic mass is 10.2. The number of hydrogen-bond acceptors (Lipinski definition) is 4. The molecule has 0 saturated carbocycles. The van der Waals surface area contributed by atoms with Crippen LogP contribution in [0.15, 0.2) is 30.0 Å². The monoisotopic (exact) mass is 339 g/mol. The highest BCUT2D eigenvalue weighted by molar-refractivity contribution is 14.1. The summed E-state index contributed by atoms with van der Waals surface area (Å²) >= 11 is 1.89. The third-order valence-corrected chi connectivity index (χ3v) is 3.00. The van der Waals surface area contributed by atoms with Gasteiger partial charge in [0.2, 0.25) is 0 Å². The van der Waals surface area contributed by atoms with Crippen molar-refractivity contribution in [2.24, 2.45) is 0 Å². The van der Waals surface area contributed by atoms with Gasteiger partial charge in [0.15, 0.2) is 0 Å². The van der Waals surface area contributed by atoms with E-state index in [9.17, 15) is 4.79 Å². The van der Waals surface area contributed by atoms with Crippen molar-refractivity contribution in [3.8, 4) is 12.1 Å². The second kappa shape index (κ2) is 5.87. The van der Waals surface area contributed by atoms with Gasteiger partial charge in [-0.1, -0.05) is 6.07 Å². The SMILES string of the molecule is N#CC(C#N)=CNc1cccc(C(=O)O)c1I. The van der Waals surface area contributed by atoms with Crippen molar-refractivity contribution in [3.63, 3.8) is 0 Å². The molecule has 17 heavy (non-hydrogen) atoms. The first kappa shape index (κ1) is 13.0. The number of carboxylic acids is 1. The van der Waals surface area contributed by atoms with Gasteiger partial charge in [-0.25, -0.2) is 4.79 Å². The molecular formula is C11H6IN3O2. The molecule has 0 aromatic heterocycles. The summed E-state index contributed by atoms with van der Waals surface area (Å²) < 4.78 is 0.518. The molecule has 2 N–H and O–H groups in total. The van der Waals surface area contributed by atoms with Crippen molar-refractivity contribution in [2.75, 3.05) is 5.32 Å². The van der Waals surface area contributed by atoms with E-state index in [1.165, 1.54) is 12.3 Å². The number of rotatable bonds is 3. The van der Waals surface area contributed by atoms with E-state index in [1.54, 1.807) is 24.3 Å². The third kappa shape index (κ3) is 3.20. The lowest BCUT2D eigenvalue weighted by Gasteiger charge is -2.06. The second-order valence-corrected chi connectivity index (χ2v) is 3.98. The van der Waals surface area contributed by atoms with E-state index < -0.39 is 5.97 Å². The van der Waals surface area contributed by atoms with Gasteiger partial charge < -0.3 is 10.4 Å². The van der Waals surface area contributed by atoms with Crippen LogP contribution in [0.1, 0.15) is 10.4 Å². The Balaban J connectivity index is 3.07. The van der Waals surface area contributed by atoms with Gasteiger partial charge in [-0.2, -0.15) is 10.5 Å². The predicted molar refractivity (Wildman–Crippen MR) is 69.1 cm³/mol. The number of hydrogen-bond donors (Lipinski definition) is 2. The van der Waals surface area contributed by atoms with Crippen molar-refractivity contribution in [1.29, 1.82) is 10.5 Å². The fourth-order valence-electron chi connectivity index (χ4n) is 1.05. The molecule has 0 atom stereocenters. The highest BCUT2D eigenvalue weighted by atomic mass is 127. The van der Waals surface area contributed by atoms with Crippen LogP contribution in [0, 0.1) is 26.2 Å². The zero-order chi connectivity index (χ0) is 12.8. The van der Waals surface area contributed by atoms with Gasteiger partial charge in [0.25, 0.3) is 0 Å². The first-order valence-corrected chi connectivity index (χ1v) is 5.46. The molecule has 0 spiro atoms. The number of halogens is 1. The van der Waals surface area contributed by atoms with Crippen LogP contribution in [0.4, 0.5) is 5.69 Å². The fourth-order valence-corrected chi connectivity index (χ4v) is 1.79. The largest absolute Gasteiger partial charge is 0.478 e. The van der Waals surface area contributed by atoms with Gasteiger partial charge in [-0.05, 0) is 34.7 Å². The quantitative estimate of drug-likeness (QED) is 0.651. The van der Waals surface area contributed by atoms with E-state index in [2.05, 4.69) is 5.32 Å². The minimum atomic E-state index is -1.03. The Morgan fingerprint density at radius 2 is 2.06 bits per heavy atom. The number of allylic oxidation sites excluding steroid dienone is 1. The van der Waals surface area contributed by atoms with Gasteiger partial charge in [0.1, 0.15) is 17.7 Å². The van der Waals surface area contributed by atoms with Crippen molar-refractivity contribution in [1.82, 2.24) is 0 Å². The van der Waals surface area contributed by atoms with Crippen molar-refractivity contribution in [2.45, 2.75) is 0 Å². The summed E-state index contributed by atoms with van der Waals surface area (Å²) in [6, 6.07) is 8.12. The average Bonchev–Trinajstić information content (AvgIpc) is 2.32. The molecule has 1 rings (SSSR count). The minimum absolute atomic E-state index is 0.0819. The molecule has 84 valence electrons. The Bertz CT molecular complexity index is 551. The Labute approximate surface area is 111 Å². The van der Waals surface area contributed by atoms with E-state index in [1.807, 2.05) is 22.6 Å². The number of benzene rings is 1. The van der Waals surface area contributed by atoms with E-state index in [0.29, 0.717) is 9.26 Å². The summed E-state index contributed by atoms with van der Waals surface area (Å²) in [5.74, 6) is -1.03. The van der Waals surface area contributed by atoms with Crippen LogP contribution in [0.5, 0.6) is 0 Å². The summed E-state index contributed by atoms with van der Waals surface area (Å²) in [7, 11) is 0. The molecule has 0 aliphatic rings. The first-order chi connectivity index (χ1) is 8.10. The van der Waals surface area contributed by atoms with Crippen LogP contribution < -0.4 is 5.32 Å². The fraction of sp³-hybridized carbons (Fsp3) is 0. The van der Waals surface area contributed by atoms with E-state index in [4.69, 9.17) is 15.6 Å². The Morgan fingerprint density at radius 3 is 2.59 bits per heavy atom. The topological polar surface area (TPSA) is 96.9 Å². The number of aromatic carboxylic acids is 1. The molecule has 0 heterocycles. The molecule has 1 aromatic carbocycles. The lowest BCUT2D eigenvalue weighted by Crippen LogP contribution is -2.02. The number of carboxylic acid groups (broad SMARTS) is 1. The molecule has 0 aliphatic carbocycles. The summed E-state index contributed by atoms with van der Waals surface area (Å²) in [6.07, 6.45) is 1.24. The second-order valence-electron chi connectivity index (χ2n) is 2.90. The summed E-state index contributed by atoms with van der Waals surface area (Å²) in [5.41, 5.74) is 0.620. The Hall–Kier alpha value is -2.06. The minimum Gasteiger partial charge on any atom is -0.478 e. The summed E-state index contributed by atoms with van der Waals surface area (Å²) in [5, 5.41) is 28.7. The maximum atomic E-state index is 10.9. The number of nitriles is 2. The summed E-state index contributed by atoms with van der Waals surface area (Å²) in [6.45, 7) is 0. The standard InChI is InChI=1S/C11H6IN3O2/c12-10-8(11(16)17)2-1-3-9(10)15-6-7(4-13)5-14/h1-3,6,15H,(H,16,17). The van der Waals surface area contributed by atoms with E-state index >= 15 is 0 Å². The molecule has 0 fully saturated rings. The Morgan fingerprint density at radius 1 is 1.41 bits per heavy atom. The maximum absolute atomic E-state index is 10.9. The molecule has 6 heteroatoms. The van der Waals surface area contributed by atoms with Crippen LogP contribution in [0.2, 0.25) is 0 Å². The molecular weight excluding hydrogens is 333 g/mol. The number of nitrogens with zero attached hydrogens (tertiary/aromatic N) is 2. The van der Waals surface area contributed by atoms with Crippen LogP contribution in [0.3, 0.4) is 0 Å². The summed E-state index contributed by atoms with van der Waals surface area (Å²) in [4.78, 5) is 10.9. The normalized spacial score (nSPS) is 8.65. The van der Waals surface area contributed by atoms with Crippen LogP contribution >= 0.6 is 22.6 Å². The number of nitrogens with one attached hydrogen (secondary N) is 1.